The monoisotopic (exact) mass is 138 g/mol. The summed E-state index contributed by atoms with van der Waals surface area (Å²) in [6.07, 6.45) is 1.23. The fourth-order valence-corrected chi connectivity index (χ4v) is 1.21. The van der Waals surface area contributed by atoms with E-state index >= 15 is 0 Å². The molecule has 3 heteroatoms. The van der Waals surface area contributed by atoms with Gasteiger partial charge in [-0.15, -0.1) is 0 Å². The summed E-state index contributed by atoms with van der Waals surface area (Å²) in [6.45, 7) is 2.20. The highest BCUT2D eigenvalue weighted by Crippen LogP contribution is 2.46. The van der Waals surface area contributed by atoms with Gasteiger partial charge in [0, 0.05) is 12.0 Å². The van der Waals surface area contributed by atoms with Crippen molar-refractivity contribution < 1.29 is 4.52 Å². The fourth-order valence-electron chi connectivity index (χ4n) is 1.21. The maximum Gasteiger partial charge on any atom is 0.222 e. The molecule has 1 saturated carbocycles. The molecule has 54 valence electrons. The molecule has 0 radical (unpaired) electrons. The molecule has 2 atom stereocenters. The molecule has 1 fully saturated rings. The van der Waals surface area contributed by atoms with Gasteiger partial charge in [-0.2, -0.15) is 0 Å². The molecule has 1 aliphatic rings. The van der Waals surface area contributed by atoms with Gasteiger partial charge < -0.3 is 10.3 Å². The lowest BCUT2D eigenvalue weighted by Gasteiger charge is -1.82. The van der Waals surface area contributed by atoms with Crippen LogP contribution < -0.4 is 5.73 Å². The Morgan fingerprint density at radius 2 is 2.50 bits per heavy atom. The Labute approximate surface area is 59.2 Å². The van der Waals surface area contributed by atoms with E-state index in [1.54, 1.807) is 0 Å². The van der Waals surface area contributed by atoms with Gasteiger partial charge in [0.1, 0.15) is 0 Å². The second-order valence-electron chi connectivity index (χ2n) is 2.97. The van der Waals surface area contributed by atoms with Crippen LogP contribution >= 0.6 is 0 Å². The molecule has 1 aliphatic carbocycles. The Kier molecular flexibility index (Phi) is 1.01. The first-order chi connectivity index (χ1) is 4.77. The average molecular weight is 138 g/mol. The van der Waals surface area contributed by atoms with E-state index in [0.29, 0.717) is 11.8 Å². The molecular formula is C7H10N2O. The van der Waals surface area contributed by atoms with E-state index in [0.717, 1.165) is 11.6 Å². The number of nitrogens with zero attached hydrogens (tertiary/aromatic N) is 1. The first-order valence-electron chi connectivity index (χ1n) is 3.49. The Balaban J connectivity index is 2.20. The number of aromatic nitrogens is 1. The van der Waals surface area contributed by atoms with E-state index in [2.05, 4.69) is 12.1 Å². The van der Waals surface area contributed by atoms with Gasteiger partial charge in [0.25, 0.3) is 0 Å². The van der Waals surface area contributed by atoms with Crippen molar-refractivity contribution in [2.75, 3.05) is 5.73 Å². The molecule has 0 spiro atoms. The second-order valence-corrected chi connectivity index (χ2v) is 2.97. The number of hydrogen-bond donors (Lipinski definition) is 1. The Bertz CT molecular complexity index is 244. The van der Waals surface area contributed by atoms with E-state index in [9.17, 15) is 0 Å². The van der Waals surface area contributed by atoms with Gasteiger partial charge in [-0.3, -0.25) is 0 Å². The smallest absolute Gasteiger partial charge is 0.222 e. The summed E-state index contributed by atoms with van der Waals surface area (Å²) in [5.74, 6) is 1.81. The van der Waals surface area contributed by atoms with E-state index in [1.165, 1.54) is 6.42 Å². The van der Waals surface area contributed by atoms with Gasteiger partial charge >= 0.3 is 0 Å². The van der Waals surface area contributed by atoms with Crippen molar-refractivity contribution in [3.8, 4) is 0 Å². The van der Waals surface area contributed by atoms with Crippen LogP contribution in [-0.2, 0) is 0 Å². The molecule has 2 N–H and O–H groups in total. The third-order valence-electron chi connectivity index (χ3n) is 2.04. The van der Waals surface area contributed by atoms with E-state index < -0.39 is 0 Å². The summed E-state index contributed by atoms with van der Waals surface area (Å²) >= 11 is 0. The van der Waals surface area contributed by atoms with Gasteiger partial charge in [0.2, 0.25) is 5.88 Å². The van der Waals surface area contributed by atoms with Crippen LogP contribution in [0, 0.1) is 5.92 Å². The Hall–Kier alpha value is -0.990. The molecular weight excluding hydrogens is 128 g/mol. The second kappa shape index (κ2) is 1.75. The van der Waals surface area contributed by atoms with E-state index in [1.807, 2.05) is 6.07 Å². The normalized spacial score (nSPS) is 30.5. The van der Waals surface area contributed by atoms with Crippen LogP contribution in [0.25, 0.3) is 0 Å². The molecule has 0 aliphatic heterocycles. The number of anilines is 1. The van der Waals surface area contributed by atoms with E-state index in [-0.39, 0.29) is 0 Å². The lowest BCUT2D eigenvalue weighted by atomic mass is 10.2. The van der Waals surface area contributed by atoms with Crippen LogP contribution in [0.4, 0.5) is 5.88 Å². The summed E-state index contributed by atoms with van der Waals surface area (Å²) in [4.78, 5) is 0. The zero-order valence-electron chi connectivity index (χ0n) is 5.87. The van der Waals surface area contributed by atoms with Gasteiger partial charge in [-0.25, -0.2) is 0 Å². The van der Waals surface area contributed by atoms with Crippen molar-refractivity contribution in [1.29, 1.82) is 0 Å². The van der Waals surface area contributed by atoms with Crippen LogP contribution in [0.5, 0.6) is 0 Å². The van der Waals surface area contributed by atoms with Crippen molar-refractivity contribution >= 4 is 5.88 Å². The molecule has 0 amide bonds. The fraction of sp³-hybridized carbons (Fsp3) is 0.571. The molecule has 1 heterocycles. The number of hydrogen-bond acceptors (Lipinski definition) is 3. The van der Waals surface area contributed by atoms with Crippen molar-refractivity contribution in [3.63, 3.8) is 0 Å². The quantitative estimate of drug-likeness (QED) is 0.637. The van der Waals surface area contributed by atoms with Gasteiger partial charge in [-0.05, 0) is 12.3 Å². The lowest BCUT2D eigenvalue weighted by Crippen LogP contribution is -1.79. The number of nitrogen functional groups attached to an aromatic ring is 1. The molecule has 10 heavy (non-hydrogen) atoms. The third kappa shape index (κ3) is 0.781. The third-order valence-corrected chi connectivity index (χ3v) is 2.04. The topological polar surface area (TPSA) is 52.0 Å². The van der Waals surface area contributed by atoms with Crippen LogP contribution in [0.3, 0.4) is 0 Å². The van der Waals surface area contributed by atoms with Crippen LogP contribution in [-0.4, -0.2) is 5.16 Å². The molecule has 1 aromatic heterocycles. The highest BCUT2D eigenvalue weighted by Gasteiger charge is 2.36. The van der Waals surface area contributed by atoms with Gasteiger partial charge in [-0.1, -0.05) is 12.1 Å². The minimum atomic E-state index is 0.425. The summed E-state index contributed by atoms with van der Waals surface area (Å²) < 4.78 is 4.74. The van der Waals surface area contributed by atoms with Crippen LogP contribution in [0.15, 0.2) is 10.6 Å². The maximum absolute atomic E-state index is 5.36. The van der Waals surface area contributed by atoms with Crippen LogP contribution in [0.1, 0.15) is 25.0 Å². The number of rotatable bonds is 1. The highest BCUT2D eigenvalue weighted by atomic mass is 16.5. The first-order valence-corrected chi connectivity index (χ1v) is 3.49. The lowest BCUT2D eigenvalue weighted by molar-refractivity contribution is 0.427. The first kappa shape index (κ1) is 5.77. The zero-order chi connectivity index (χ0) is 7.14. The molecule has 1 aromatic rings. The van der Waals surface area contributed by atoms with Crippen molar-refractivity contribution in [2.45, 2.75) is 19.3 Å². The molecule has 0 aromatic carbocycles. The predicted molar refractivity (Wildman–Crippen MR) is 37.4 cm³/mol. The maximum atomic E-state index is 5.36. The minimum absolute atomic E-state index is 0.425. The summed E-state index contributed by atoms with van der Waals surface area (Å²) in [7, 11) is 0. The van der Waals surface area contributed by atoms with Crippen molar-refractivity contribution in [2.24, 2.45) is 5.92 Å². The average Bonchev–Trinajstić information content (AvgIpc) is 2.42. The molecule has 2 rings (SSSR count). The van der Waals surface area contributed by atoms with E-state index in [4.69, 9.17) is 10.3 Å². The molecule has 0 unspecified atom stereocenters. The molecule has 0 bridgehead atoms. The standard InChI is InChI=1S/C7H10N2O/c1-4-2-5(4)6-3-7(8)10-9-6/h3-5H,2,8H2,1H3/t4-,5-/m1/s1. The molecule has 3 nitrogen and oxygen atoms in total. The largest absolute Gasteiger partial charge is 0.368 e. The summed E-state index contributed by atoms with van der Waals surface area (Å²) in [6, 6.07) is 1.81. The van der Waals surface area contributed by atoms with Crippen molar-refractivity contribution in [3.05, 3.63) is 11.8 Å². The van der Waals surface area contributed by atoms with Crippen LogP contribution in [0.2, 0.25) is 0 Å². The summed E-state index contributed by atoms with van der Waals surface area (Å²) in [5.41, 5.74) is 6.38. The minimum Gasteiger partial charge on any atom is -0.368 e. The number of nitrogens with two attached hydrogens (primary N) is 1. The summed E-state index contributed by atoms with van der Waals surface area (Å²) in [5, 5.41) is 3.83. The van der Waals surface area contributed by atoms with Gasteiger partial charge in [0.05, 0.1) is 5.69 Å². The zero-order valence-corrected chi connectivity index (χ0v) is 5.87. The molecule has 0 saturated heterocycles. The highest BCUT2D eigenvalue weighted by molar-refractivity contribution is 5.29. The van der Waals surface area contributed by atoms with Gasteiger partial charge in [0.15, 0.2) is 0 Å². The van der Waals surface area contributed by atoms with Crippen molar-refractivity contribution in [1.82, 2.24) is 5.16 Å². The Morgan fingerprint density at radius 1 is 1.80 bits per heavy atom. The predicted octanol–water partition coefficient (Wildman–Crippen LogP) is 1.38. The SMILES string of the molecule is C[C@@H]1C[C@H]1c1cc(N)on1. The Morgan fingerprint density at radius 3 is 2.90 bits per heavy atom.